The van der Waals surface area contributed by atoms with Gasteiger partial charge >= 0.3 is 5.97 Å². The number of rotatable bonds is 8. The Kier molecular flexibility index (Phi) is 6.86. The van der Waals surface area contributed by atoms with E-state index in [-0.39, 0.29) is 12.4 Å². The molecule has 0 saturated carbocycles. The van der Waals surface area contributed by atoms with Gasteiger partial charge < -0.3 is 14.8 Å². The number of ether oxygens (including phenoxy) is 2. The van der Waals surface area contributed by atoms with E-state index in [0.717, 1.165) is 27.1 Å². The van der Waals surface area contributed by atoms with E-state index in [2.05, 4.69) is 20.5 Å². The lowest BCUT2D eigenvalue weighted by atomic mass is 9.95. The van der Waals surface area contributed by atoms with E-state index in [0.29, 0.717) is 28.6 Å². The van der Waals surface area contributed by atoms with Crippen LogP contribution in [0.3, 0.4) is 0 Å². The van der Waals surface area contributed by atoms with Crippen molar-refractivity contribution >= 4 is 38.5 Å². The minimum absolute atomic E-state index is 0.233. The number of thiazole rings is 1. The number of anilines is 2. The Morgan fingerprint density at radius 3 is 2.31 bits per heavy atom. The van der Waals surface area contributed by atoms with E-state index in [1.54, 1.807) is 6.92 Å². The molecule has 3 aromatic carbocycles. The molecule has 0 aliphatic carbocycles. The Morgan fingerprint density at radius 1 is 0.889 bits per heavy atom. The van der Waals surface area contributed by atoms with Crippen molar-refractivity contribution in [2.24, 2.45) is 0 Å². The highest BCUT2D eigenvalue weighted by Crippen LogP contribution is 2.38. The molecule has 36 heavy (non-hydrogen) atoms. The number of fused-ring (bicyclic) bond motifs is 1. The van der Waals surface area contributed by atoms with Crippen molar-refractivity contribution in [3.63, 3.8) is 0 Å². The molecule has 0 bridgehead atoms. The average molecular weight is 497 g/mol. The van der Waals surface area contributed by atoms with Crippen LogP contribution in [0.1, 0.15) is 24.2 Å². The molecule has 0 amide bonds. The predicted molar refractivity (Wildman–Crippen MR) is 143 cm³/mol. The highest BCUT2D eigenvalue weighted by atomic mass is 32.1. The van der Waals surface area contributed by atoms with Gasteiger partial charge in [0.1, 0.15) is 17.0 Å². The molecule has 0 fully saturated rings. The first-order valence-electron chi connectivity index (χ1n) is 11.7. The molecule has 0 unspecified atom stereocenters. The van der Waals surface area contributed by atoms with E-state index in [1.807, 2.05) is 85.8 Å². The number of nitrogens with zero attached hydrogens (tertiary/aromatic N) is 3. The monoisotopic (exact) mass is 496 g/mol. The zero-order chi connectivity index (χ0) is 24.9. The summed E-state index contributed by atoms with van der Waals surface area (Å²) < 4.78 is 12.1. The molecule has 0 radical (unpaired) electrons. The van der Waals surface area contributed by atoms with Gasteiger partial charge in [-0.1, -0.05) is 72.0 Å². The molecular formula is C28H24N4O3S. The van der Waals surface area contributed by atoms with Gasteiger partial charge in [0, 0.05) is 11.1 Å². The van der Waals surface area contributed by atoms with Crippen molar-refractivity contribution in [3.8, 4) is 28.1 Å². The number of carbonyl (C=O) groups is 1. The van der Waals surface area contributed by atoms with Crippen LogP contribution in [0.25, 0.3) is 32.6 Å². The van der Waals surface area contributed by atoms with Crippen molar-refractivity contribution in [2.75, 3.05) is 18.5 Å². The second-order valence-corrected chi connectivity index (χ2v) is 8.84. The van der Waals surface area contributed by atoms with Gasteiger partial charge in [-0.15, -0.1) is 10.2 Å². The van der Waals surface area contributed by atoms with Gasteiger partial charge in [-0.25, -0.2) is 9.78 Å². The molecule has 0 atom stereocenters. The summed E-state index contributed by atoms with van der Waals surface area (Å²) in [5, 5.41) is 12.8. The smallest absolute Gasteiger partial charge is 0.342 e. The maximum atomic E-state index is 13.4. The Bertz CT molecular complexity index is 1500. The number of benzene rings is 3. The van der Waals surface area contributed by atoms with Gasteiger partial charge in [0.15, 0.2) is 10.9 Å². The number of aromatic nitrogens is 3. The number of nitrogens with one attached hydrogen (secondary N) is 1. The molecule has 2 heterocycles. The highest BCUT2D eigenvalue weighted by Gasteiger charge is 2.26. The first kappa shape index (κ1) is 23.4. The molecule has 180 valence electrons. The second kappa shape index (κ2) is 10.5. The quantitative estimate of drug-likeness (QED) is 0.238. The van der Waals surface area contributed by atoms with E-state index < -0.39 is 5.97 Å². The highest BCUT2D eigenvalue weighted by molar-refractivity contribution is 7.22. The molecule has 0 spiro atoms. The van der Waals surface area contributed by atoms with Gasteiger partial charge in [0.05, 0.1) is 23.4 Å². The van der Waals surface area contributed by atoms with Gasteiger partial charge in [-0.2, -0.15) is 0 Å². The molecule has 2 aromatic heterocycles. The van der Waals surface area contributed by atoms with Crippen LogP contribution in [0.5, 0.6) is 5.75 Å². The first-order valence-corrected chi connectivity index (χ1v) is 12.5. The fraction of sp³-hybridized carbons (Fsp3) is 0.143. The minimum atomic E-state index is -0.481. The van der Waals surface area contributed by atoms with Crippen LogP contribution in [0.4, 0.5) is 10.9 Å². The third-order valence-electron chi connectivity index (χ3n) is 5.46. The predicted octanol–water partition coefficient (Wildman–Crippen LogP) is 6.74. The second-order valence-electron chi connectivity index (χ2n) is 7.81. The van der Waals surface area contributed by atoms with Crippen LogP contribution < -0.4 is 10.1 Å². The van der Waals surface area contributed by atoms with Crippen LogP contribution in [-0.4, -0.2) is 34.4 Å². The van der Waals surface area contributed by atoms with Crippen LogP contribution in [0, 0.1) is 0 Å². The third-order valence-corrected chi connectivity index (χ3v) is 6.39. The summed E-state index contributed by atoms with van der Waals surface area (Å²) >= 11 is 1.45. The maximum absolute atomic E-state index is 13.4. The van der Waals surface area contributed by atoms with Gasteiger partial charge in [0.2, 0.25) is 0 Å². The van der Waals surface area contributed by atoms with Crippen molar-refractivity contribution in [1.82, 2.24) is 15.2 Å². The minimum Gasteiger partial charge on any atom is -0.494 e. The van der Waals surface area contributed by atoms with Crippen LogP contribution >= 0.6 is 11.3 Å². The number of hydrogen-bond acceptors (Lipinski definition) is 8. The van der Waals surface area contributed by atoms with Gasteiger partial charge in [-0.05, 0) is 37.6 Å². The van der Waals surface area contributed by atoms with Crippen molar-refractivity contribution in [1.29, 1.82) is 0 Å². The molecule has 5 rings (SSSR count). The lowest BCUT2D eigenvalue weighted by Gasteiger charge is -2.16. The van der Waals surface area contributed by atoms with Crippen molar-refractivity contribution < 1.29 is 14.3 Å². The average Bonchev–Trinajstić information content (AvgIpc) is 3.31. The molecule has 0 aliphatic rings. The number of hydrogen-bond donors (Lipinski definition) is 1. The summed E-state index contributed by atoms with van der Waals surface area (Å²) in [6.07, 6.45) is 0. The molecular weight excluding hydrogens is 472 g/mol. The normalized spacial score (nSPS) is 10.8. The third kappa shape index (κ3) is 4.76. The summed E-state index contributed by atoms with van der Waals surface area (Å²) in [6, 6.07) is 25.1. The molecule has 7 nitrogen and oxygen atoms in total. The maximum Gasteiger partial charge on any atom is 0.342 e. The molecule has 5 aromatic rings. The summed E-state index contributed by atoms with van der Waals surface area (Å²) in [6.45, 7) is 4.55. The molecule has 1 N–H and O–H groups in total. The molecule has 8 heteroatoms. The van der Waals surface area contributed by atoms with Crippen LogP contribution in [-0.2, 0) is 4.74 Å². The fourth-order valence-corrected chi connectivity index (χ4v) is 4.82. The van der Waals surface area contributed by atoms with E-state index in [1.165, 1.54) is 11.3 Å². The Hall–Kier alpha value is -4.30. The summed E-state index contributed by atoms with van der Waals surface area (Å²) in [5.41, 5.74) is 4.07. The molecule has 0 saturated heterocycles. The summed E-state index contributed by atoms with van der Waals surface area (Å²) in [7, 11) is 0. The number of esters is 1. The number of carbonyl (C=O) groups excluding carboxylic acids is 1. The van der Waals surface area contributed by atoms with E-state index >= 15 is 0 Å². The summed E-state index contributed by atoms with van der Waals surface area (Å²) in [5.74, 6) is 0.590. The topological polar surface area (TPSA) is 86.2 Å². The SMILES string of the molecule is CCOC(=O)c1c(Nc2nc3ccc(OCC)cc3s2)nnc(-c2ccccc2)c1-c1ccccc1. The lowest BCUT2D eigenvalue weighted by molar-refractivity contribution is 0.0528. The van der Waals surface area contributed by atoms with Crippen molar-refractivity contribution in [2.45, 2.75) is 13.8 Å². The summed E-state index contributed by atoms with van der Waals surface area (Å²) in [4.78, 5) is 18.0. The fourth-order valence-electron chi connectivity index (χ4n) is 3.93. The zero-order valence-electron chi connectivity index (χ0n) is 19.9. The van der Waals surface area contributed by atoms with Crippen LogP contribution in [0.15, 0.2) is 78.9 Å². The van der Waals surface area contributed by atoms with Crippen molar-refractivity contribution in [3.05, 3.63) is 84.4 Å². The molecule has 0 aliphatic heterocycles. The Balaban J connectivity index is 1.67. The van der Waals surface area contributed by atoms with Gasteiger partial charge in [-0.3, -0.25) is 0 Å². The Labute approximate surface area is 212 Å². The van der Waals surface area contributed by atoms with E-state index in [9.17, 15) is 4.79 Å². The van der Waals surface area contributed by atoms with E-state index in [4.69, 9.17) is 9.47 Å². The van der Waals surface area contributed by atoms with Gasteiger partial charge in [0.25, 0.3) is 0 Å². The lowest BCUT2D eigenvalue weighted by Crippen LogP contribution is -2.13. The zero-order valence-corrected chi connectivity index (χ0v) is 20.7. The Morgan fingerprint density at radius 2 is 1.61 bits per heavy atom. The van der Waals surface area contributed by atoms with Crippen LogP contribution in [0.2, 0.25) is 0 Å². The largest absolute Gasteiger partial charge is 0.494 e. The standard InChI is InChI=1S/C28H24N4O3S/c1-3-34-20-15-16-21-22(17-20)36-28(29-21)30-26-24(27(33)35-4-2)23(18-11-7-5-8-12-18)25(31-32-26)19-13-9-6-10-14-19/h5-17H,3-4H2,1-2H3,(H,29,30,32). The first-order chi connectivity index (χ1) is 17.7.